The number of nitrogens with one attached hydrogen (secondary N) is 2. The molecule has 4 rings (SSSR count). The lowest BCUT2D eigenvalue weighted by molar-refractivity contribution is 0.292. The molecule has 1 saturated heterocycles. The molecule has 1 unspecified atom stereocenters. The van der Waals surface area contributed by atoms with Crippen LogP contribution in [0.25, 0.3) is 10.4 Å². The van der Waals surface area contributed by atoms with Crippen molar-refractivity contribution in [2.45, 2.75) is 25.3 Å². The number of anilines is 2. The summed E-state index contributed by atoms with van der Waals surface area (Å²) in [5.41, 5.74) is 2.21. The first-order valence-corrected chi connectivity index (χ1v) is 9.93. The van der Waals surface area contributed by atoms with Crippen LogP contribution in [0.2, 0.25) is 0 Å². The van der Waals surface area contributed by atoms with Crippen LogP contribution in [-0.2, 0) is 0 Å². The van der Waals surface area contributed by atoms with Gasteiger partial charge in [0.2, 0.25) is 0 Å². The Bertz CT molecular complexity index is 811. The van der Waals surface area contributed by atoms with Gasteiger partial charge in [0, 0.05) is 17.9 Å². The molecule has 2 aromatic carbocycles. The lowest BCUT2D eigenvalue weighted by Gasteiger charge is -2.11. The smallest absolute Gasteiger partial charge is 0.187 e. The quantitative estimate of drug-likeness (QED) is 0.613. The van der Waals surface area contributed by atoms with E-state index in [-0.39, 0.29) is 0 Å². The number of aromatic nitrogens is 1. The zero-order valence-corrected chi connectivity index (χ0v) is 15.5. The molecule has 134 valence electrons. The Morgan fingerprint density at radius 3 is 2.73 bits per heavy atom. The molecule has 2 N–H and O–H groups in total. The van der Waals surface area contributed by atoms with E-state index in [2.05, 4.69) is 27.8 Å². The average Bonchev–Trinajstić information content (AvgIpc) is 3.36. The van der Waals surface area contributed by atoms with Gasteiger partial charge in [-0.3, -0.25) is 0 Å². The molecule has 3 aromatic rings. The molecular formula is C21H23N3OS. The Hall–Kier alpha value is -2.37. The van der Waals surface area contributed by atoms with Crippen molar-refractivity contribution >= 4 is 22.2 Å². The van der Waals surface area contributed by atoms with Gasteiger partial charge in [-0.2, -0.15) is 0 Å². The highest BCUT2D eigenvalue weighted by Gasteiger charge is 2.13. The van der Waals surface area contributed by atoms with Gasteiger partial charge in [0.15, 0.2) is 5.13 Å². The van der Waals surface area contributed by atoms with Crippen molar-refractivity contribution in [2.75, 3.05) is 18.5 Å². The number of rotatable bonds is 7. The molecule has 26 heavy (non-hydrogen) atoms. The number of nitrogens with zero attached hydrogens (tertiary/aromatic N) is 1. The Morgan fingerprint density at radius 1 is 1.12 bits per heavy atom. The van der Waals surface area contributed by atoms with Crippen molar-refractivity contribution in [1.82, 2.24) is 10.3 Å². The van der Waals surface area contributed by atoms with Gasteiger partial charge in [-0.05, 0) is 55.6 Å². The molecule has 0 spiro atoms. The second-order valence-corrected chi connectivity index (χ2v) is 7.51. The zero-order chi connectivity index (χ0) is 17.6. The van der Waals surface area contributed by atoms with Gasteiger partial charge in [-0.15, -0.1) is 0 Å². The normalized spacial score (nSPS) is 16.5. The van der Waals surface area contributed by atoms with E-state index in [0.717, 1.165) is 41.0 Å². The number of ether oxygens (including phenoxy) is 1. The van der Waals surface area contributed by atoms with E-state index in [0.29, 0.717) is 6.04 Å². The predicted octanol–water partition coefficient (Wildman–Crippen LogP) is 5.07. The monoisotopic (exact) mass is 365 g/mol. The molecule has 1 aromatic heterocycles. The molecule has 1 aliphatic rings. The molecule has 1 fully saturated rings. The van der Waals surface area contributed by atoms with E-state index in [4.69, 9.17) is 4.74 Å². The molecular weight excluding hydrogens is 342 g/mol. The van der Waals surface area contributed by atoms with Gasteiger partial charge in [0.05, 0.1) is 11.5 Å². The standard InChI is InChI=1S/C21H23N3OS/c1-2-5-16(6-3-1)20-15-23-21(26-20)24-18-8-10-19(11-9-18)25-14-12-17-7-4-13-22-17/h1-3,5-6,8-11,15,17,22H,4,7,12-14H2,(H,23,24). The summed E-state index contributed by atoms with van der Waals surface area (Å²) in [6, 6.07) is 19.0. The van der Waals surface area contributed by atoms with E-state index < -0.39 is 0 Å². The molecule has 5 heteroatoms. The summed E-state index contributed by atoms with van der Waals surface area (Å²) in [4.78, 5) is 5.63. The minimum atomic E-state index is 0.625. The van der Waals surface area contributed by atoms with Crippen molar-refractivity contribution in [3.05, 3.63) is 60.8 Å². The Balaban J connectivity index is 1.30. The fraction of sp³-hybridized carbons (Fsp3) is 0.286. The van der Waals surface area contributed by atoms with Gasteiger partial charge in [-0.25, -0.2) is 4.98 Å². The highest BCUT2D eigenvalue weighted by Crippen LogP contribution is 2.30. The SMILES string of the molecule is c1ccc(-c2cnc(Nc3ccc(OCCC4CCCN4)cc3)s2)cc1. The van der Waals surface area contributed by atoms with Crippen LogP contribution in [-0.4, -0.2) is 24.2 Å². The third-order valence-electron chi connectivity index (χ3n) is 4.57. The molecule has 2 heterocycles. The third-order valence-corrected chi connectivity index (χ3v) is 5.53. The lowest BCUT2D eigenvalue weighted by atomic mass is 10.2. The average molecular weight is 366 g/mol. The predicted molar refractivity (Wildman–Crippen MR) is 108 cm³/mol. The van der Waals surface area contributed by atoms with Crippen LogP contribution < -0.4 is 15.4 Å². The van der Waals surface area contributed by atoms with Crippen molar-refractivity contribution in [3.8, 4) is 16.2 Å². The highest BCUT2D eigenvalue weighted by molar-refractivity contribution is 7.18. The van der Waals surface area contributed by atoms with Crippen molar-refractivity contribution in [3.63, 3.8) is 0 Å². The van der Waals surface area contributed by atoms with Gasteiger partial charge >= 0.3 is 0 Å². The summed E-state index contributed by atoms with van der Waals surface area (Å²) < 4.78 is 5.85. The maximum atomic E-state index is 5.85. The first kappa shape index (κ1) is 17.1. The molecule has 1 atom stereocenters. The van der Waals surface area contributed by atoms with Crippen LogP contribution in [0.3, 0.4) is 0 Å². The summed E-state index contributed by atoms with van der Waals surface area (Å²) in [7, 11) is 0. The highest BCUT2D eigenvalue weighted by atomic mass is 32.1. The van der Waals surface area contributed by atoms with Crippen LogP contribution in [0.1, 0.15) is 19.3 Å². The van der Waals surface area contributed by atoms with Crippen molar-refractivity contribution < 1.29 is 4.74 Å². The van der Waals surface area contributed by atoms with Gasteiger partial charge in [0.1, 0.15) is 5.75 Å². The maximum Gasteiger partial charge on any atom is 0.187 e. The van der Waals surface area contributed by atoms with Crippen LogP contribution in [0.15, 0.2) is 60.8 Å². The molecule has 0 bridgehead atoms. The van der Waals surface area contributed by atoms with Crippen molar-refractivity contribution in [1.29, 1.82) is 0 Å². The van der Waals surface area contributed by atoms with Gasteiger partial charge < -0.3 is 15.4 Å². The number of hydrogen-bond donors (Lipinski definition) is 2. The second kappa shape index (κ2) is 8.34. The summed E-state index contributed by atoms with van der Waals surface area (Å²) in [5.74, 6) is 0.915. The molecule has 0 aliphatic carbocycles. The molecule has 4 nitrogen and oxygen atoms in total. The van der Waals surface area contributed by atoms with Crippen LogP contribution >= 0.6 is 11.3 Å². The van der Waals surface area contributed by atoms with E-state index >= 15 is 0 Å². The summed E-state index contributed by atoms with van der Waals surface area (Å²) in [6.07, 6.45) is 5.54. The topological polar surface area (TPSA) is 46.2 Å². The Kier molecular flexibility index (Phi) is 5.47. The number of benzene rings is 2. The van der Waals surface area contributed by atoms with Gasteiger partial charge in [-0.1, -0.05) is 41.7 Å². The van der Waals surface area contributed by atoms with E-state index in [1.807, 2.05) is 48.7 Å². The molecule has 0 saturated carbocycles. The summed E-state index contributed by atoms with van der Waals surface area (Å²) in [6.45, 7) is 1.91. The molecule has 0 amide bonds. The summed E-state index contributed by atoms with van der Waals surface area (Å²) >= 11 is 1.65. The van der Waals surface area contributed by atoms with E-state index in [1.54, 1.807) is 11.3 Å². The minimum Gasteiger partial charge on any atom is -0.494 e. The van der Waals surface area contributed by atoms with Crippen LogP contribution in [0, 0.1) is 0 Å². The fourth-order valence-corrected chi connectivity index (χ4v) is 3.99. The first-order valence-electron chi connectivity index (χ1n) is 9.11. The first-order chi connectivity index (χ1) is 12.9. The van der Waals surface area contributed by atoms with Gasteiger partial charge in [0.25, 0.3) is 0 Å². The largest absolute Gasteiger partial charge is 0.494 e. The van der Waals surface area contributed by atoms with E-state index in [1.165, 1.54) is 18.4 Å². The number of thiazole rings is 1. The maximum absolute atomic E-state index is 5.85. The third kappa shape index (κ3) is 4.42. The Morgan fingerprint density at radius 2 is 1.96 bits per heavy atom. The molecule has 0 radical (unpaired) electrons. The number of hydrogen-bond acceptors (Lipinski definition) is 5. The zero-order valence-electron chi connectivity index (χ0n) is 14.7. The van der Waals surface area contributed by atoms with E-state index in [9.17, 15) is 0 Å². The van der Waals surface area contributed by atoms with Crippen LogP contribution in [0.4, 0.5) is 10.8 Å². The lowest BCUT2D eigenvalue weighted by Crippen LogP contribution is -2.23. The minimum absolute atomic E-state index is 0.625. The second-order valence-electron chi connectivity index (χ2n) is 6.48. The van der Waals surface area contributed by atoms with Crippen molar-refractivity contribution in [2.24, 2.45) is 0 Å². The van der Waals surface area contributed by atoms with Crippen LogP contribution in [0.5, 0.6) is 5.75 Å². The fourth-order valence-electron chi connectivity index (χ4n) is 3.15. The molecule has 1 aliphatic heterocycles. The summed E-state index contributed by atoms with van der Waals surface area (Å²) in [5, 5.41) is 7.75. The Labute approximate surface area is 158 Å².